The SMILES string of the molecule is [OH-].[OH-].[OH-].[V+3]. The predicted molar refractivity (Wildman–Crippen MR) is 5.81 cm³/mol. The standard InChI is InChI=1S/3H2O.V/h3*1H2;/q;;;+3/p-3. The van der Waals surface area contributed by atoms with E-state index in [0.717, 1.165) is 0 Å². The molecule has 0 saturated heterocycles. The second kappa shape index (κ2) is 97.6. The summed E-state index contributed by atoms with van der Waals surface area (Å²) in [5.74, 6) is 0. The molecule has 0 atom stereocenters. The Bertz CT molecular complexity index is 3.25. The second-order valence-corrected chi connectivity index (χ2v) is 0. The molecule has 0 amide bonds. The Balaban J connectivity index is 0. The van der Waals surface area contributed by atoms with Gasteiger partial charge in [0.1, 0.15) is 0 Å². The van der Waals surface area contributed by atoms with Gasteiger partial charge in [0, 0.05) is 0 Å². The summed E-state index contributed by atoms with van der Waals surface area (Å²) in [5, 5.41) is 0. The van der Waals surface area contributed by atoms with E-state index in [-0.39, 0.29) is 35.0 Å². The summed E-state index contributed by atoms with van der Waals surface area (Å²) in [6, 6.07) is 0. The number of hydrogen-bond donors (Lipinski definition) is 0. The third kappa shape index (κ3) is 24.5. The molecule has 4 heavy (non-hydrogen) atoms. The largest absolute Gasteiger partial charge is 3.00 e. The molecule has 3 nitrogen and oxygen atoms in total. The van der Waals surface area contributed by atoms with Crippen LogP contribution >= 0.6 is 0 Å². The maximum absolute atomic E-state index is 0. The molecule has 0 rings (SSSR count). The summed E-state index contributed by atoms with van der Waals surface area (Å²) in [6.07, 6.45) is 0. The van der Waals surface area contributed by atoms with Gasteiger partial charge in [0.25, 0.3) is 0 Å². The Morgan fingerprint density at radius 3 is 0.500 bits per heavy atom. The Morgan fingerprint density at radius 1 is 0.500 bits per heavy atom. The average molecular weight is 102 g/mol. The zero-order valence-electron chi connectivity index (χ0n) is 1.79. The normalized spacial score (nSPS) is 0. The summed E-state index contributed by atoms with van der Waals surface area (Å²) < 4.78 is 0. The van der Waals surface area contributed by atoms with Crippen LogP contribution in [0.15, 0.2) is 0 Å². The minimum atomic E-state index is 0. The van der Waals surface area contributed by atoms with Gasteiger partial charge in [-0.3, -0.25) is 0 Å². The molecule has 0 saturated carbocycles. The van der Waals surface area contributed by atoms with Crippen molar-refractivity contribution in [2.24, 2.45) is 0 Å². The van der Waals surface area contributed by atoms with Gasteiger partial charge in [0.05, 0.1) is 0 Å². The first-order chi connectivity index (χ1) is 0. The van der Waals surface area contributed by atoms with Gasteiger partial charge in [-0.2, -0.15) is 0 Å². The Kier molecular flexibility index (Phi) is 6060. The summed E-state index contributed by atoms with van der Waals surface area (Å²) in [6.45, 7) is 0. The molecule has 0 aromatic heterocycles. The van der Waals surface area contributed by atoms with E-state index in [9.17, 15) is 0 Å². The third-order valence-corrected chi connectivity index (χ3v) is 0. The molecule has 0 radical (unpaired) electrons. The maximum atomic E-state index is 0. The van der Waals surface area contributed by atoms with E-state index in [1.165, 1.54) is 0 Å². The first kappa shape index (κ1) is 248. The van der Waals surface area contributed by atoms with Gasteiger partial charge < -0.3 is 16.4 Å². The van der Waals surface area contributed by atoms with Crippen molar-refractivity contribution >= 4 is 0 Å². The van der Waals surface area contributed by atoms with Crippen molar-refractivity contribution in [1.29, 1.82) is 0 Å². The fourth-order valence-corrected chi connectivity index (χ4v) is 0. The fraction of sp³-hybridized carbons (Fsp3) is 0. The Hall–Kier alpha value is 0.464. The van der Waals surface area contributed by atoms with Gasteiger partial charge in [0.2, 0.25) is 0 Å². The molecular weight excluding hydrogens is 98.9 g/mol. The van der Waals surface area contributed by atoms with Crippen molar-refractivity contribution in [2.45, 2.75) is 0 Å². The zero-order valence-corrected chi connectivity index (χ0v) is 3.19. The van der Waals surface area contributed by atoms with Crippen LogP contribution in [0.25, 0.3) is 0 Å². The molecule has 0 fully saturated rings. The summed E-state index contributed by atoms with van der Waals surface area (Å²) in [5.41, 5.74) is 0. The zero-order chi connectivity index (χ0) is 0. The number of hydrogen-bond acceptors (Lipinski definition) is 3. The molecule has 3 N–H and O–H groups in total. The van der Waals surface area contributed by atoms with Crippen molar-refractivity contribution in [3.05, 3.63) is 0 Å². The average Bonchev–Trinajstić information content (AvgIpc) is 0. The van der Waals surface area contributed by atoms with Crippen LogP contribution in [-0.2, 0) is 18.6 Å². The van der Waals surface area contributed by atoms with Crippen molar-refractivity contribution in [3.8, 4) is 0 Å². The van der Waals surface area contributed by atoms with E-state index in [1.54, 1.807) is 0 Å². The molecule has 0 spiro atoms. The summed E-state index contributed by atoms with van der Waals surface area (Å²) in [4.78, 5) is 0. The molecule has 0 aromatic rings. The second-order valence-electron chi connectivity index (χ2n) is 0. The van der Waals surface area contributed by atoms with Crippen LogP contribution in [0, 0.1) is 0 Å². The van der Waals surface area contributed by atoms with Crippen LogP contribution in [0.4, 0.5) is 0 Å². The fourth-order valence-electron chi connectivity index (χ4n) is 0. The molecule has 0 aliphatic carbocycles. The third-order valence-electron chi connectivity index (χ3n) is 0. The molecule has 4 heteroatoms. The molecular formula is H3O3V. The minimum Gasteiger partial charge on any atom is -0.870 e. The van der Waals surface area contributed by atoms with Crippen molar-refractivity contribution in [3.63, 3.8) is 0 Å². The van der Waals surface area contributed by atoms with Crippen LogP contribution in [-0.4, -0.2) is 16.4 Å². The van der Waals surface area contributed by atoms with Crippen LogP contribution in [0.3, 0.4) is 0 Å². The van der Waals surface area contributed by atoms with Crippen molar-refractivity contribution in [2.75, 3.05) is 0 Å². The van der Waals surface area contributed by atoms with E-state index >= 15 is 0 Å². The predicted octanol–water partition coefficient (Wildman–Crippen LogP) is -0.533. The minimum absolute atomic E-state index is 0. The van der Waals surface area contributed by atoms with Gasteiger partial charge >= 0.3 is 18.6 Å². The van der Waals surface area contributed by atoms with Crippen LogP contribution in [0.5, 0.6) is 0 Å². The van der Waals surface area contributed by atoms with Crippen LogP contribution < -0.4 is 0 Å². The van der Waals surface area contributed by atoms with E-state index in [0.29, 0.717) is 0 Å². The van der Waals surface area contributed by atoms with Gasteiger partial charge in [0.15, 0.2) is 0 Å². The van der Waals surface area contributed by atoms with Gasteiger partial charge in [-0.05, 0) is 0 Å². The maximum Gasteiger partial charge on any atom is 3.00 e. The first-order valence-electron chi connectivity index (χ1n) is 0. The van der Waals surface area contributed by atoms with E-state index < -0.39 is 0 Å². The van der Waals surface area contributed by atoms with Crippen LogP contribution in [0.2, 0.25) is 0 Å². The summed E-state index contributed by atoms with van der Waals surface area (Å²) in [7, 11) is 0. The molecule has 0 bridgehead atoms. The van der Waals surface area contributed by atoms with Crippen molar-refractivity contribution in [1.82, 2.24) is 0 Å². The molecule has 26 valence electrons. The Morgan fingerprint density at radius 2 is 0.500 bits per heavy atom. The Labute approximate surface area is 35.8 Å². The molecule has 0 aliphatic rings. The first-order valence-corrected chi connectivity index (χ1v) is 0. The molecule has 0 heterocycles. The van der Waals surface area contributed by atoms with Gasteiger partial charge in [-0.25, -0.2) is 0 Å². The molecule has 0 aliphatic heterocycles. The van der Waals surface area contributed by atoms with E-state index in [2.05, 4.69) is 0 Å². The topological polar surface area (TPSA) is 90.0 Å². The molecule has 0 aromatic carbocycles. The van der Waals surface area contributed by atoms with Gasteiger partial charge in [-0.1, -0.05) is 0 Å². The monoisotopic (exact) mass is 102 g/mol. The van der Waals surface area contributed by atoms with E-state index in [1.807, 2.05) is 0 Å². The quantitative estimate of drug-likeness (QED) is 0.411. The van der Waals surface area contributed by atoms with Crippen molar-refractivity contribution < 1.29 is 35.0 Å². The van der Waals surface area contributed by atoms with Crippen LogP contribution in [0.1, 0.15) is 0 Å². The molecule has 0 unspecified atom stereocenters. The van der Waals surface area contributed by atoms with Gasteiger partial charge in [-0.15, -0.1) is 0 Å². The summed E-state index contributed by atoms with van der Waals surface area (Å²) >= 11 is 0. The number of rotatable bonds is 0. The van der Waals surface area contributed by atoms with E-state index in [4.69, 9.17) is 0 Å². The smallest absolute Gasteiger partial charge is 0.870 e.